The number of nitrogens with one attached hydrogen (secondary N) is 1. The number of hydrogen-bond donors (Lipinski definition) is 1. The number of piperazine rings is 1. The van der Waals surface area contributed by atoms with Crippen molar-refractivity contribution in [3.63, 3.8) is 0 Å². The molecule has 0 radical (unpaired) electrons. The van der Waals surface area contributed by atoms with Gasteiger partial charge in [0.15, 0.2) is 5.11 Å². The molecule has 0 aliphatic carbocycles. The largest absolute Gasteiger partial charge is 0.368 e. The van der Waals surface area contributed by atoms with Crippen LogP contribution in [0.2, 0.25) is 5.02 Å². The Balaban J connectivity index is 1.29. The zero-order chi connectivity index (χ0) is 22.9. The zero-order valence-corrected chi connectivity index (χ0v) is 20.4. The molecule has 1 fully saturated rings. The monoisotopic (exact) mass is 481 g/mol. The van der Waals surface area contributed by atoms with E-state index >= 15 is 0 Å². The van der Waals surface area contributed by atoms with Crippen LogP contribution in [0.5, 0.6) is 0 Å². The lowest BCUT2D eigenvalue weighted by molar-refractivity contribution is 0.390. The molecule has 2 aromatic carbocycles. The van der Waals surface area contributed by atoms with Gasteiger partial charge in [0.1, 0.15) is 5.82 Å². The van der Waals surface area contributed by atoms with Gasteiger partial charge in [-0.2, -0.15) is 0 Å². The van der Waals surface area contributed by atoms with Gasteiger partial charge in [-0.25, -0.2) is 4.98 Å². The third-order valence-electron chi connectivity index (χ3n) is 6.65. The van der Waals surface area contributed by atoms with E-state index in [1.807, 2.05) is 34.9 Å². The van der Waals surface area contributed by atoms with Crippen molar-refractivity contribution < 1.29 is 0 Å². The van der Waals surface area contributed by atoms with Crippen molar-refractivity contribution in [2.75, 3.05) is 36.4 Å². The van der Waals surface area contributed by atoms with E-state index in [-0.39, 0.29) is 5.56 Å². The van der Waals surface area contributed by atoms with Crippen molar-refractivity contribution >= 4 is 51.2 Å². The topological polar surface area (TPSA) is 53.4 Å². The van der Waals surface area contributed by atoms with Crippen molar-refractivity contribution in [2.24, 2.45) is 0 Å². The van der Waals surface area contributed by atoms with E-state index in [2.05, 4.69) is 28.1 Å². The highest BCUT2D eigenvalue weighted by Crippen LogP contribution is 2.26. The molecule has 0 unspecified atom stereocenters. The number of aryl methyl sites for hydroxylation is 2. The molecule has 3 aromatic rings. The quantitative estimate of drug-likeness (QED) is 0.540. The first-order valence-corrected chi connectivity index (χ1v) is 12.4. The lowest BCUT2D eigenvalue weighted by Crippen LogP contribution is -2.50. The highest BCUT2D eigenvalue weighted by molar-refractivity contribution is 7.80. The molecule has 33 heavy (non-hydrogen) atoms. The smallest absolute Gasteiger partial charge is 0.261 e. The third-order valence-corrected chi connectivity index (χ3v) is 7.24. The molecule has 0 saturated carbocycles. The average Bonchev–Trinajstić information content (AvgIpc) is 3.07. The minimum atomic E-state index is 0.0528. The zero-order valence-electron chi connectivity index (χ0n) is 18.8. The summed E-state index contributed by atoms with van der Waals surface area (Å²) in [5, 5.41) is 5.43. The van der Waals surface area contributed by atoms with E-state index in [1.54, 1.807) is 0 Å². The lowest BCUT2D eigenvalue weighted by atomic mass is 10.1. The fraction of sp³-hybridized carbons (Fsp3) is 0.400. The number of anilines is 2. The summed E-state index contributed by atoms with van der Waals surface area (Å²) in [6.07, 6.45) is 4.14. The van der Waals surface area contributed by atoms with E-state index in [9.17, 15) is 4.79 Å². The second-order valence-electron chi connectivity index (χ2n) is 8.86. The SMILES string of the molecule is Cc1ccc(Cl)cc1N1CCN(C(=S)Nc2ccc3nc4n(c(=O)c3c2)CCCCC4)CC1. The van der Waals surface area contributed by atoms with E-state index < -0.39 is 0 Å². The second kappa shape index (κ2) is 9.31. The van der Waals surface area contributed by atoms with Crippen molar-refractivity contribution in [3.8, 4) is 0 Å². The Morgan fingerprint density at radius 1 is 1.03 bits per heavy atom. The third kappa shape index (κ3) is 4.57. The predicted molar refractivity (Wildman–Crippen MR) is 140 cm³/mol. The van der Waals surface area contributed by atoms with Gasteiger partial charge < -0.3 is 15.1 Å². The second-order valence-corrected chi connectivity index (χ2v) is 9.69. The molecule has 1 aromatic heterocycles. The Kier molecular flexibility index (Phi) is 6.25. The number of aromatic nitrogens is 2. The van der Waals surface area contributed by atoms with Gasteiger partial charge in [-0.1, -0.05) is 24.1 Å². The summed E-state index contributed by atoms with van der Waals surface area (Å²) in [6.45, 7) is 6.26. The van der Waals surface area contributed by atoms with Crippen LogP contribution in [0, 0.1) is 6.92 Å². The van der Waals surface area contributed by atoms with Crippen molar-refractivity contribution in [2.45, 2.75) is 39.2 Å². The number of nitrogens with zero attached hydrogens (tertiary/aromatic N) is 4. The van der Waals surface area contributed by atoms with Crippen molar-refractivity contribution in [1.82, 2.24) is 14.5 Å². The van der Waals surface area contributed by atoms with Crippen LogP contribution in [0.1, 0.15) is 30.7 Å². The lowest BCUT2D eigenvalue weighted by Gasteiger charge is -2.38. The highest BCUT2D eigenvalue weighted by Gasteiger charge is 2.21. The van der Waals surface area contributed by atoms with Gasteiger partial charge >= 0.3 is 0 Å². The summed E-state index contributed by atoms with van der Waals surface area (Å²) < 4.78 is 1.86. The number of hydrogen-bond acceptors (Lipinski definition) is 4. The Morgan fingerprint density at radius 2 is 1.85 bits per heavy atom. The van der Waals surface area contributed by atoms with Crippen molar-refractivity contribution in [3.05, 3.63) is 63.2 Å². The first-order valence-electron chi connectivity index (χ1n) is 11.6. The van der Waals surface area contributed by atoms with Gasteiger partial charge in [-0.05, 0) is 67.9 Å². The fourth-order valence-corrected chi connectivity index (χ4v) is 5.24. The standard InChI is InChI=1S/C25H28ClN5OS/c1-17-6-7-18(26)15-22(17)29-11-13-30(14-12-29)25(33)27-19-8-9-21-20(16-19)24(32)31-10-4-2-3-5-23(31)28-21/h6-9,15-16H,2-5,10-14H2,1H3,(H,27,33). The van der Waals surface area contributed by atoms with Crippen LogP contribution in [0.3, 0.4) is 0 Å². The summed E-state index contributed by atoms with van der Waals surface area (Å²) in [5.41, 5.74) is 4.05. The summed E-state index contributed by atoms with van der Waals surface area (Å²) in [7, 11) is 0. The van der Waals surface area contributed by atoms with E-state index in [0.29, 0.717) is 10.5 Å². The maximum atomic E-state index is 13.1. The summed E-state index contributed by atoms with van der Waals surface area (Å²) in [6, 6.07) is 11.8. The molecule has 5 rings (SSSR count). The van der Waals surface area contributed by atoms with Crippen LogP contribution in [-0.4, -0.2) is 45.7 Å². The van der Waals surface area contributed by atoms with E-state index in [0.717, 1.165) is 80.5 Å². The number of benzene rings is 2. The maximum Gasteiger partial charge on any atom is 0.261 e. The molecular weight excluding hydrogens is 454 g/mol. The Hall–Kier alpha value is -2.64. The van der Waals surface area contributed by atoms with Gasteiger partial charge in [-0.15, -0.1) is 0 Å². The van der Waals surface area contributed by atoms with E-state index in [4.69, 9.17) is 28.8 Å². The highest BCUT2D eigenvalue weighted by atomic mass is 35.5. The van der Waals surface area contributed by atoms with Crippen LogP contribution in [-0.2, 0) is 13.0 Å². The first kappa shape index (κ1) is 22.2. The molecule has 0 bridgehead atoms. The Morgan fingerprint density at radius 3 is 2.67 bits per heavy atom. The molecule has 2 aliphatic heterocycles. The summed E-state index contributed by atoms with van der Waals surface area (Å²) in [4.78, 5) is 22.4. The molecular formula is C25H28ClN5OS. The van der Waals surface area contributed by atoms with Crippen LogP contribution < -0.4 is 15.8 Å². The van der Waals surface area contributed by atoms with Gasteiger partial charge in [0.25, 0.3) is 5.56 Å². The Bertz CT molecular complexity index is 1270. The summed E-state index contributed by atoms with van der Waals surface area (Å²) >= 11 is 11.9. The molecule has 1 saturated heterocycles. The first-order chi connectivity index (χ1) is 16.0. The van der Waals surface area contributed by atoms with E-state index in [1.165, 1.54) is 11.3 Å². The van der Waals surface area contributed by atoms with Crippen LogP contribution >= 0.6 is 23.8 Å². The minimum absolute atomic E-state index is 0.0528. The van der Waals surface area contributed by atoms with Gasteiger partial charge in [0.05, 0.1) is 10.9 Å². The van der Waals surface area contributed by atoms with Gasteiger partial charge in [0.2, 0.25) is 0 Å². The maximum absolute atomic E-state index is 13.1. The van der Waals surface area contributed by atoms with Crippen LogP contribution in [0.15, 0.2) is 41.2 Å². The van der Waals surface area contributed by atoms with Gasteiger partial charge in [0, 0.05) is 55.5 Å². The number of fused-ring (bicyclic) bond motifs is 2. The number of halogens is 1. The molecule has 0 spiro atoms. The average molecular weight is 482 g/mol. The normalized spacial score (nSPS) is 16.4. The van der Waals surface area contributed by atoms with Crippen molar-refractivity contribution in [1.29, 1.82) is 0 Å². The molecule has 1 N–H and O–H groups in total. The predicted octanol–water partition coefficient (Wildman–Crippen LogP) is 4.60. The number of thiocarbonyl (C=S) groups is 1. The molecule has 8 heteroatoms. The molecule has 3 heterocycles. The fourth-order valence-electron chi connectivity index (χ4n) is 4.77. The molecule has 172 valence electrons. The van der Waals surface area contributed by atoms with Gasteiger partial charge in [-0.3, -0.25) is 9.36 Å². The molecule has 6 nitrogen and oxygen atoms in total. The number of rotatable bonds is 2. The molecule has 0 amide bonds. The van der Waals surface area contributed by atoms with Crippen LogP contribution in [0.25, 0.3) is 10.9 Å². The Labute approximate surface area is 204 Å². The molecule has 2 aliphatic rings. The summed E-state index contributed by atoms with van der Waals surface area (Å²) in [5.74, 6) is 0.911. The van der Waals surface area contributed by atoms with Crippen LogP contribution in [0.4, 0.5) is 11.4 Å². The minimum Gasteiger partial charge on any atom is -0.368 e. The molecule has 0 atom stereocenters.